The van der Waals surface area contributed by atoms with E-state index in [4.69, 9.17) is 4.74 Å². The van der Waals surface area contributed by atoms with Gasteiger partial charge >= 0.3 is 12.1 Å². The average molecular weight is 432 g/mol. The molecule has 0 N–H and O–H groups in total. The molecule has 0 spiro atoms. The molecule has 0 aliphatic carbocycles. The summed E-state index contributed by atoms with van der Waals surface area (Å²) in [6.45, 7) is -0.681. The number of esters is 1. The Kier molecular flexibility index (Phi) is 6.63. The number of hydrazone groups is 1. The summed E-state index contributed by atoms with van der Waals surface area (Å²) in [4.78, 5) is 24.9. The van der Waals surface area contributed by atoms with E-state index < -0.39 is 30.2 Å². The van der Waals surface area contributed by atoms with Gasteiger partial charge in [-0.25, -0.2) is 4.79 Å². The third-order valence-electron chi connectivity index (χ3n) is 3.83. The number of carbonyl (C=O) groups excluding carboxylic acids is 2. The van der Waals surface area contributed by atoms with Crippen molar-refractivity contribution >= 4 is 35.1 Å². The number of hydrogen-bond donors (Lipinski definition) is 0. The first kappa shape index (κ1) is 21.3. The van der Waals surface area contributed by atoms with E-state index in [0.29, 0.717) is 10.4 Å². The lowest BCUT2D eigenvalue weighted by molar-refractivity contribution is -0.137. The van der Waals surface area contributed by atoms with Crippen LogP contribution in [-0.4, -0.2) is 24.7 Å². The first-order chi connectivity index (χ1) is 14.3. The van der Waals surface area contributed by atoms with Gasteiger partial charge in [0.2, 0.25) is 0 Å². The van der Waals surface area contributed by atoms with Crippen molar-refractivity contribution in [1.82, 2.24) is 0 Å². The minimum absolute atomic E-state index is 0.103. The van der Waals surface area contributed by atoms with Crippen LogP contribution in [0.25, 0.3) is 0 Å². The van der Waals surface area contributed by atoms with Gasteiger partial charge in [0, 0.05) is 0 Å². The van der Waals surface area contributed by atoms with E-state index in [-0.39, 0.29) is 5.69 Å². The van der Waals surface area contributed by atoms with Crippen LogP contribution in [-0.2, 0) is 15.7 Å². The highest BCUT2D eigenvalue weighted by molar-refractivity contribution is 7.11. The number of amides is 1. The number of carbonyl (C=O) groups is 2. The highest BCUT2D eigenvalue weighted by Gasteiger charge is 2.31. The summed E-state index contributed by atoms with van der Waals surface area (Å²) in [7, 11) is 0. The van der Waals surface area contributed by atoms with Crippen LogP contribution in [0.2, 0.25) is 0 Å². The van der Waals surface area contributed by atoms with Gasteiger partial charge in [-0.15, -0.1) is 11.3 Å². The van der Waals surface area contributed by atoms with Gasteiger partial charge < -0.3 is 4.74 Å². The molecule has 1 heterocycles. The molecule has 1 aromatic heterocycles. The number of rotatable bonds is 6. The molecule has 3 rings (SSSR count). The van der Waals surface area contributed by atoms with E-state index in [0.717, 1.165) is 28.5 Å². The van der Waals surface area contributed by atoms with Crippen LogP contribution in [0, 0.1) is 0 Å². The van der Waals surface area contributed by atoms with E-state index >= 15 is 0 Å². The Bertz CT molecular complexity index is 1040. The molecule has 30 heavy (non-hydrogen) atoms. The maximum Gasteiger partial charge on any atom is 0.416 e. The largest absolute Gasteiger partial charge is 0.451 e. The zero-order valence-electron chi connectivity index (χ0n) is 15.4. The molecule has 3 aromatic rings. The molecule has 1 amide bonds. The smallest absolute Gasteiger partial charge is 0.416 e. The Labute approximate surface area is 174 Å². The van der Waals surface area contributed by atoms with Crippen LogP contribution in [0.4, 0.5) is 18.9 Å². The fraction of sp³-hybridized carbons (Fsp3) is 0.0952. The maximum absolute atomic E-state index is 13.1. The molecule has 0 atom stereocenters. The first-order valence-electron chi connectivity index (χ1n) is 8.64. The third-order valence-corrected chi connectivity index (χ3v) is 4.68. The van der Waals surface area contributed by atoms with E-state index in [1.807, 2.05) is 0 Å². The van der Waals surface area contributed by atoms with Gasteiger partial charge in [-0.1, -0.05) is 42.5 Å². The molecule has 0 bridgehead atoms. The fourth-order valence-electron chi connectivity index (χ4n) is 2.41. The van der Waals surface area contributed by atoms with Crippen LogP contribution < -0.4 is 5.01 Å². The Morgan fingerprint density at radius 1 is 1.03 bits per heavy atom. The first-order valence-corrected chi connectivity index (χ1v) is 9.52. The lowest BCUT2D eigenvalue weighted by Gasteiger charge is -2.18. The Hall–Kier alpha value is -3.46. The highest BCUT2D eigenvalue weighted by atomic mass is 32.1. The average Bonchev–Trinajstić information content (AvgIpc) is 3.27. The third kappa shape index (κ3) is 5.54. The van der Waals surface area contributed by atoms with Crippen molar-refractivity contribution in [2.24, 2.45) is 5.10 Å². The van der Waals surface area contributed by atoms with Crippen molar-refractivity contribution in [3.63, 3.8) is 0 Å². The van der Waals surface area contributed by atoms with Gasteiger partial charge in [-0.2, -0.15) is 23.3 Å². The number of ether oxygens (including phenoxy) is 1. The van der Waals surface area contributed by atoms with Gasteiger partial charge in [-0.3, -0.25) is 4.79 Å². The summed E-state index contributed by atoms with van der Waals surface area (Å²) in [6.07, 6.45) is -3.25. The fourth-order valence-corrected chi connectivity index (χ4v) is 3.02. The van der Waals surface area contributed by atoms with Crippen molar-refractivity contribution in [2.75, 3.05) is 11.6 Å². The van der Waals surface area contributed by atoms with E-state index in [9.17, 15) is 22.8 Å². The van der Waals surface area contributed by atoms with Crippen LogP contribution in [0.15, 0.2) is 77.2 Å². The lowest BCUT2D eigenvalue weighted by Crippen LogP contribution is -2.30. The van der Waals surface area contributed by atoms with Crippen LogP contribution in [0.1, 0.15) is 20.8 Å². The van der Waals surface area contributed by atoms with Crippen molar-refractivity contribution in [3.05, 3.63) is 88.1 Å². The molecular formula is C21H15F3N2O3S. The predicted molar refractivity (Wildman–Crippen MR) is 108 cm³/mol. The molecule has 0 fully saturated rings. The highest BCUT2D eigenvalue weighted by Crippen LogP contribution is 2.31. The summed E-state index contributed by atoms with van der Waals surface area (Å²) in [5.41, 5.74) is -0.393. The number of nitrogens with zero attached hydrogens (tertiary/aromatic N) is 2. The molecule has 0 saturated carbocycles. The number of alkyl halides is 3. The summed E-state index contributed by atoms with van der Waals surface area (Å²) in [5, 5.41) is 6.49. The summed E-state index contributed by atoms with van der Waals surface area (Å²) in [6, 6.07) is 16.1. The topological polar surface area (TPSA) is 59.0 Å². The number of hydrogen-bond acceptors (Lipinski definition) is 5. The lowest BCUT2D eigenvalue weighted by atomic mass is 10.2. The summed E-state index contributed by atoms with van der Waals surface area (Å²) < 4.78 is 44.2. The second kappa shape index (κ2) is 9.36. The second-order valence-electron chi connectivity index (χ2n) is 5.96. The maximum atomic E-state index is 13.1. The molecule has 154 valence electrons. The number of benzene rings is 2. The van der Waals surface area contributed by atoms with Crippen LogP contribution in [0.5, 0.6) is 0 Å². The van der Waals surface area contributed by atoms with Crippen LogP contribution >= 0.6 is 11.3 Å². The van der Waals surface area contributed by atoms with Gasteiger partial charge in [-0.05, 0) is 35.2 Å². The van der Waals surface area contributed by atoms with Crippen molar-refractivity contribution in [3.8, 4) is 0 Å². The molecule has 0 aliphatic rings. The van der Waals surface area contributed by atoms with Gasteiger partial charge in [0.25, 0.3) is 5.91 Å². The normalized spacial score (nSPS) is 11.4. The van der Waals surface area contributed by atoms with Crippen LogP contribution in [0.3, 0.4) is 0 Å². The molecule has 0 aliphatic heterocycles. The zero-order valence-corrected chi connectivity index (χ0v) is 16.2. The summed E-state index contributed by atoms with van der Waals surface area (Å²) >= 11 is 1.15. The van der Waals surface area contributed by atoms with Crippen molar-refractivity contribution < 1.29 is 27.5 Å². The number of thiophene rings is 1. The predicted octanol–water partition coefficient (Wildman–Crippen LogP) is 4.99. The van der Waals surface area contributed by atoms with Crippen molar-refractivity contribution in [1.29, 1.82) is 0 Å². The monoisotopic (exact) mass is 432 g/mol. The van der Waals surface area contributed by atoms with E-state index in [2.05, 4.69) is 5.10 Å². The van der Waals surface area contributed by atoms with Gasteiger partial charge in [0.15, 0.2) is 6.61 Å². The zero-order chi connectivity index (χ0) is 21.6. The van der Waals surface area contributed by atoms with Gasteiger partial charge in [0.05, 0.1) is 17.5 Å². The molecule has 5 nitrogen and oxygen atoms in total. The molecular weight excluding hydrogens is 417 g/mol. The second-order valence-corrected chi connectivity index (χ2v) is 6.91. The summed E-state index contributed by atoms with van der Waals surface area (Å²) in [5.74, 6) is -1.50. The molecule has 0 unspecified atom stereocenters. The minimum atomic E-state index is -4.58. The molecule has 2 aromatic carbocycles. The molecule has 9 heteroatoms. The SMILES string of the molecule is O=C(OCC(=O)N(/N=C\c1ccccc1)c1cccc(C(F)(F)F)c1)c1cccs1. The minimum Gasteiger partial charge on any atom is -0.451 e. The van der Waals surface area contributed by atoms with E-state index in [1.54, 1.807) is 41.8 Å². The molecule has 0 radical (unpaired) electrons. The van der Waals surface area contributed by atoms with Gasteiger partial charge in [0.1, 0.15) is 4.88 Å². The quantitative estimate of drug-likeness (QED) is 0.313. The molecule has 0 saturated heterocycles. The van der Waals surface area contributed by atoms with Crippen molar-refractivity contribution in [2.45, 2.75) is 6.18 Å². The number of anilines is 1. The Morgan fingerprint density at radius 2 is 1.80 bits per heavy atom. The standard InChI is InChI=1S/C21H15F3N2O3S/c22-21(23,24)16-8-4-9-17(12-16)26(25-13-15-6-2-1-3-7-15)19(27)14-29-20(28)18-10-5-11-30-18/h1-13H,14H2/b25-13-. The Morgan fingerprint density at radius 3 is 2.47 bits per heavy atom. The number of halogens is 3. The van der Waals surface area contributed by atoms with E-state index in [1.165, 1.54) is 24.4 Å². The Balaban J connectivity index is 1.84.